The Balaban J connectivity index is 1.70. The van der Waals surface area contributed by atoms with Gasteiger partial charge in [0.2, 0.25) is 5.91 Å². The van der Waals surface area contributed by atoms with Gasteiger partial charge in [-0.3, -0.25) is 24.5 Å². The molecule has 0 saturated carbocycles. The fourth-order valence-corrected chi connectivity index (χ4v) is 2.03. The van der Waals surface area contributed by atoms with E-state index in [4.69, 9.17) is 0 Å². The standard InChI is InChI=1S/C18H17N5O5/c24-16(11-20-18(26)14-6-2-1-3-7-14)19-12-17(25)22-21-10-13-5-4-8-15(9-13)23(27)28/h1-10H,11-12H2,(H,19,24)(H,20,26)(H,22,25)/b21-10-. The molecule has 10 heteroatoms. The highest BCUT2D eigenvalue weighted by Gasteiger charge is 2.09. The van der Waals surface area contributed by atoms with E-state index in [0.717, 1.165) is 0 Å². The fraction of sp³-hybridized carbons (Fsp3) is 0.111. The number of rotatable bonds is 8. The third kappa shape index (κ3) is 6.67. The zero-order valence-corrected chi connectivity index (χ0v) is 14.6. The average Bonchev–Trinajstić information content (AvgIpc) is 2.71. The highest BCUT2D eigenvalue weighted by Crippen LogP contribution is 2.11. The second-order valence-electron chi connectivity index (χ2n) is 5.47. The minimum atomic E-state index is -0.593. The van der Waals surface area contributed by atoms with Gasteiger partial charge in [0.25, 0.3) is 17.5 Å². The van der Waals surface area contributed by atoms with E-state index in [1.165, 1.54) is 24.4 Å². The number of nitro groups is 1. The van der Waals surface area contributed by atoms with E-state index in [2.05, 4.69) is 21.2 Å². The molecule has 0 saturated heterocycles. The minimum absolute atomic E-state index is 0.0971. The van der Waals surface area contributed by atoms with Gasteiger partial charge in [0.15, 0.2) is 0 Å². The predicted octanol–water partition coefficient (Wildman–Crippen LogP) is 0.591. The van der Waals surface area contributed by atoms with Crippen LogP contribution in [0.15, 0.2) is 59.7 Å². The first-order valence-corrected chi connectivity index (χ1v) is 8.12. The van der Waals surface area contributed by atoms with E-state index in [0.29, 0.717) is 11.1 Å². The number of hydrazone groups is 1. The van der Waals surface area contributed by atoms with E-state index in [1.54, 1.807) is 36.4 Å². The summed E-state index contributed by atoms with van der Waals surface area (Å²) < 4.78 is 0. The van der Waals surface area contributed by atoms with Gasteiger partial charge in [-0.15, -0.1) is 0 Å². The molecule has 144 valence electrons. The van der Waals surface area contributed by atoms with Gasteiger partial charge in [-0.2, -0.15) is 5.10 Å². The van der Waals surface area contributed by atoms with Gasteiger partial charge in [0.1, 0.15) is 0 Å². The van der Waals surface area contributed by atoms with Crippen LogP contribution in [-0.2, 0) is 9.59 Å². The van der Waals surface area contributed by atoms with Crippen LogP contribution in [0.4, 0.5) is 5.69 Å². The van der Waals surface area contributed by atoms with Gasteiger partial charge in [0, 0.05) is 23.3 Å². The average molecular weight is 383 g/mol. The first kappa shape index (κ1) is 20.2. The Morgan fingerprint density at radius 1 is 0.964 bits per heavy atom. The van der Waals surface area contributed by atoms with Crippen molar-refractivity contribution in [3.8, 4) is 0 Å². The molecular formula is C18H17N5O5. The lowest BCUT2D eigenvalue weighted by Crippen LogP contribution is -2.41. The van der Waals surface area contributed by atoms with Gasteiger partial charge < -0.3 is 10.6 Å². The molecule has 0 aliphatic carbocycles. The largest absolute Gasteiger partial charge is 0.345 e. The van der Waals surface area contributed by atoms with Crippen molar-refractivity contribution in [3.05, 3.63) is 75.8 Å². The number of amides is 3. The predicted molar refractivity (Wildman–Crippen MR) is 101 cm³/mol. The van der Waals surface area contributed by atoms with E-state index < -0.39 is 22.6 Å². The molecule has 28 heavy (non-hydrogen) atoms. The second-order valence-corrected chi connectivity index (χ2v) is 5.47. The number of nitrogens with zero attached hydrogens (tertiary/aromatic N) is 2. The molecule has 0 fully saturated rings. The minimum Gasteiger partial charge on any atom is -0.345 e. The molecule has 0 aliphatic rings. The molecule has 0 bridgehead atoms. The van der Waals surface area contributed by atoms with Crippen LogP contribution in [0.25, 0.3) is 0 Å². The molecular weight excluding hydrogens is 366 g/mol. The lowest BCUT2D eigenvalue weighted by molar-refractivity contribution is -0.384. The summed E-state index contributed by atoms with van der Waals surface area (Å²) in [5, 5.41) is 19.1. The number of carbonyl (C=O) groups excluding carboxylic acids is 3. The molecule has 2 aromatic carbocycles. The van der Waals surface area contributed by atoms with Gasteiger partial charge in [0.05, 0.1) is 24.2 Å². The highest BCUT2D eigenvalue weighted by molar-refractivity contribution is 5.96. The maximum atomic E-state index is 11.8. The van der Waals surface area contributed by atoms with Crippen molar-refractivity contribution in [3.63, 3.8) is 0 Å². The van der Waals surface area contributed by atoms with Crippen molar-refractivity contribution in [2.45, 2.75) is 0 Å². The number of nitrogens with one attached hydrogen (secondary N) is 3. The van der Waals surface area contributed by atoms with Gasteiger partial charge in [-0.1, -0.05) is 30.3 Å². The maximum absolute atomic E-state index is 11.8. The smallest absolute Gasteiger partial charge is 0.270 e. The molecule has 0 radical (unpaired) electrons. The molecule has 0 heterocycles. The molecule has 0 aliphatic heterocycles. The number of nitro benzene ring substituents is 1. The molecule has 2 rings (SSSR count). The van der Waals surface area contributed by atoms with Gasteiger partial charge >= 0.3 is 0 Å². The summed E-state index contributed by atoms with van der Waals surface area (Å²) in [7, 11) is 0. The third-order valence-electron chi connectivity index (χ3n) is 3.38. The molecule has 2 aromatic rings. The maximum Gasteiger partial charge on any atom is 0.270 e. The van der Waals surface area contributed by atoms with Crippen molar-refractivity contribution >= 4 is 29.6 Å². The fourth-order valence-electron chi connectivity index (χ4n) is 2.03. The van der Waals surface area contributed by atoms with Gasteiger partial charge in [-0.25, -0.2) is 5.43 Å². The second kappa shape index (κ2) is 10.2. The van der Waals surface area contributed by atoms with Crippen molar-refractivity contribution in [2.24, 2.45) is 5.10 Å². The summed E-state index contributed by atoms with van der Waals surface area (Å²) in [6, 6.07) is 14.1. The molecule has 0 unspecified atom stereocenters. The van der Waals surface area contributed by atoms with Crippen molar-refractivity contribution in [2.75, 3.05) is 13.1 Å². The molecule has 3 amide bonds. The van der Waals surface area contributed by atoms with E-state index in [1.807, 2.05) is 0 Å². The number of benzene rings is 2. The van der Waals surface area contributed by atoms with Crippen LogP contribution in [-0.4, -0.2) is 41.9 Å². The Hall–Kier alpha value is -4.08. The Kier molecular flexibility index (Phi) is 7.34. The zero-order valence-electron chi connectivity index (χ0n) is 14.6. The Morgan fingerprint density at radius 2 is 1.68 bits per heavy atom. The lowest BCUT2D eigenvalue weighted by Gasteiger charge is -2.06. The summed E-state index contributed by atoms with van der Waals surface area (Å²) in [6.07, 6.45) is 1.24. The first-order chi connectivity index (χ1) is 13.5. The Labute approximate surface area is 159 Å². The Morgan fingerprint density at radius 3 is 2.39 bits per heavy atom. The number of carbonyl (C=O) groups is 3. The number of non-ortho nitro benzene ring substituents is 1. The summed E-state index contributed by atoms with van der Waals surface area (Å²) in [4.78, 5) is 45.3. The van der Waals surface area contributed by atoms with E-state index in [-0.39, 0.29) is 18.8 Å². The van der Waals surface area contributed by atoms with Crippen molar-refractivity contribution in [1.82, 2.24) is 16.1 Å². The monoisotopic (exact) mass is 383 g/mol. The molecule has 0 aromatic heterocycles. The summed E-state index contributed by atoms with van der Waals surface area (Å²) in [5.74, 6) is -1.53. The van der Waals surface area contributed by atoms with Crippen molar-refractivity contribution < 1.29 is 19.3 Å². The van der Waals surface area contributed by atoms with Gasteiger partial charge in [-0.05, 0) is 12.1 Å². The van der Waals surface area contributed by atoms with E-state index in [9.17, 15) is 24.5 Å². The summed E-state index contributed by atoms with van der Waals surface area (Å²) in [5.41, 5.74) is 2.94. The SMILES string of the molecule is O=C(CNC(=O)c1ccccc1)NCC(=O)N/N=C\c1cccc([N+](=O)[O-])c1. The molecule has 0 spiro atoms. The van der Waals surface area contributed by atoms with Crippen molar-refractivity contribution in [1.29, 1.82) is 0 Å². The molecule has 3 N–H and O–H groups in total. The molecule has 10 nitrogen and oxygen atoms in total. The topological polar surface area (TPSA) is 143 Å². The summed E-state index contributed by atoms with van der Waals surface area (Å²) in [6.45, 7) is -0.621. The van der Waals surface area contributed by atoms with E-state index >= 15 is 0 Å². The van der Waals surface area contributed by atoms with Crippen LogP contribution in [0.2, 0.25) is 0 Å². The Bertz CT molecular complexity index is 898. The first-order valence-electron chi connectivity index (χ1n) is 8.12. The normalized spacial score (nSPS) is 10.3. The zero-order chi connectivity index (χ0) is 20.4. The van der Waals surface area contributed by atoms with Crippen LogP contribution >= 0.6 is 0 Å². The third-order valence-corrected chi connectivity index (χ3v) is 3.38. The number of hydrogen-bond acceptors (Lipinski definition) is 6. The van der Waals surface area contributed by atoms with Crippen LogP contribution in [0, 0.1) is 10.1 Å². The van der Waals surface area contributed by atoms with Crippen LogP contribution in [0.3, 0.4) is 0 Å². The highest BCUT2D eigenvalue weighted by atomic mass is 16.6. The quantitative estimate of drug-likeness (QED) is 0.347. The van der Waals surface area contributed by atoms with Crippen LogP contribution in [0.1, 0.15) is 15.9 Å². The van der Waals surface area contributed by atoms with Crippen LogP contribution in [0.5, 0.6) is 0 Å². The molecule has 0 atom stereocenters. The number of hydrogen-bond donors (Lipinski definition) is 3. The van der Waals surface area contributed by atoms with Crippen LogP contribution < -0.4 is 16.1 Å². The summed E-state index contributed by atoms with van der Waals surface area (Å²) >= 11 is 0. The lowest BCUT2D eigenvalue weighted by atomic mass is 10.2.